The Morgan fingerprint density at radius 3 is 3.25 bits per heavy atom. The van der Waals surface area contributed by atoms with Crippen LogP contribution >= 0.6 is 0 Å². The summed E-state index contributed by atoms with van der Waals surface area (Å²) in [4.78, 5) is 0. The second-order valence-corrected chi connectivity index (χ2v) is 4.95. The van der Waals surface area contributed by atoms with Crippen LogP contribution in [0.5, 0.6) is 0 Å². The fourth-order valence-electron chi connectivity index (χ4n) is 3.11. The molecule has 1 aromatic heterocycles. The summed E-state index contributed by atoms with van der Waals surface area (Å²) in [6.07, 6.45) is 5.11. The molecule has 5 nitrogen and oxygen atoms in total. The molecule has 3 rings (SSSR count). The van der Waals surface area contributed by atoms with Crippen LogP contribution in [0.25, 0.3) is 0 Å². The standard InChI is InChI=1S/C11H18N4O/c1-8-9(15-16-14-8)7-13-11-4-2-3-10(11)12-6-5-11/h10,12-13H,2-7H2,1H3. The lowest BCUT2D eigenvalue weighted by molar-refractivity contribution is 0.289. The van der Waals surface area contributed by atoms with E-state index >= 15 is 0 Å². The summed E-state index contributed by atoms with van der Waals surface area (Å²) in [5.74, 6) is 0. The highest BCUT2D eigenvalue weighted by atomic mass is 16.6. The van der Waals surface area contributed by atoms with Gasteiger partial charge in [0.2, 0.25) is 0 Å². The zero-order valence-electron chi connectivity index (χ0n) is 9.62. The molecule has 0 aromatic carbocycles. The second-order valence-electron chi connectivity index (χ2n) is 4.95. The highest BCUT2D eigenvalue weighted by Crippen LogP contribution is 2.36. The smallest absolute Gasteiger partial charge is 0.121 e. The molecule has 2 atom stereocenters. The molecule has 1 aliphatic carbocycles. The molecule has 0 amide bonds. The van der Waals surface area contributed by atoms with Gasteiger partial charge in [-0.1, -0.05) is 10.3 Å². The predicted octanol–water partition coefficient (Wildman–Crippen LogP) is 0.752. The quantitative estimate of drug-likeness (QED) is 0.790. The van der Waals surface area contributed by atoms with Crippen LogP contribution < -0.4 is 10.6 Å². The van der Waals surface area contributed by atoms with Crippen LogP contribution in [0.4, 0.5) is 0 Å². The van der Waals surface area contributed by atoms with E-state index in [-0.39, 0.29) is 0 Å². The fraction of sp³-hybridized carbons (Fsp3) is 0.818. The van der Waals surface area contributed by atoms with Crippen molar-refractivity contribution >= 4 is 0 Å². The van der Waals surface area contributed by atoms with E-state index in [1.165, 1.54) is 25.7 Å². The zero-order chi connectivity index (χ0) is 11.0. The van der Waals surface area contributed by atoms with E-state index in [0.717, 1.165) is 24.5 Å². The summed E-state index contributed by atoms with van der Waals surface area (Å²) in [7, 11) is 0. The fourth-order valence-corrected chi connectivity index (χ4v) is 3.11. The molecular formula is C11H18N4O. The summed E-state index contributed by atoms with van der Waals surface area (Å²) in [6.45, 7) is 3.84. The summed E-state index contributed by atoms with van der Waals surface area (Å²) in [6, 6.07) is 0.646. The van der Waals surface area contributed by atoms with Crippen molar-refractivity contribution in [2.75, 3.05) is 6.54 Å². The van der Waals surface area contributed by atoms with Crippen LogP contribution in [-0.4, -0.2) is 28.4 Å². The molecule has 1 aliphatic heterocycles. The van der Waals surface area contributed by atoms with E-state index in [4.69, 9.17) is 4.63 Å². The first-order valence-electron chi connectivity index (χ1n) is 6.07. The van der Waals surface area contributed by atoms with Crippen LogP contribution in [0.2, 0.25) is 0 Å². The molecule has 0 radical (unpaired) electrons. The van der Waals surface area contributed by atoms with Gasteiger partial charge in [-0.3, -0.25) is 0 Å². The maximum absolute atomic E-state index is 4.71. The van der Waals surface area contributed by atoms with Crippen molar-refractivity contribution in [3.05, 3.63) is 11.4 Å². The minimum absolute atomic E-state index is 0.297. The minimum atomic E-state index is 0.297. The van der Waals surface area contributed by atoms with Crippen LogP contribution in [0.15, 0.2) is 4.63 Å². The third-order valence-electron chi connectivity index (χ3n) is 4.10. The van der Waals surface area contributed by atoms with Gasteiger partial charge in [0.05, 0.1) is 0 Å². The van der Waals surface area contributed by atoms with Crippen molar-refractivity contribution in [1.29, 1.82) is 0 Å². The summed E-state index contributed by atoms with van der Waals surface area (Å²) >= 11 is 0. The Hall–Kier alpha value is -0.940. The van der Waals surface area contributed by atoms with Gasteiger partial charge in [0.1, 0.15) is 11.4 Å². The Morgan fingerprint density at radius 2 is 2.44 bits per heavy atom. The van der Waals surface area contributed by atoms with Gasteiger partial charge in [-0.05, 0) is 39.2 Å². The minimum Gasteiger partial charge on any atom is -0.312 e. The molecule has 1 aromatic rings. The summed E-state index contributed by atoms with van der Waals surface area (Å²) < 4.78 is 4.71. The zero-order valence-corrected chi connectivity index (χ0v) is 9.62. The molecule has 2 heterocycles. The van der Waals surface area contributed by atoms with Crippen molar-refractivity contribution in [2.45, 2.75) is 50.7 Å². The Labute approximate surface area is 94.9 Å². The number of hydrogen-bond donors (Lipinski definition) is 2. The van der Waals surface area contributed by atoms with Gasteiger partial charge in [0, 0.05) is 18.1 Å². The van der Waals surface area contributed by atoms with E-state index in [2.05, 4.69) is 20.9 Å². The third kappa shape index (κ3) is 1.55. The van der Waals surface area contributed by atoms with Crippen molar-refractivity contribution < 1.29 is 4.63 Å². The molecule has 16 heavy (non-hydrogen) atoms. The summed E-state index contributed by atoms with van der Waals surface area (Å²) in [5.41, 5.74) is 2.13. The predicted molar refractivity (Wildman–Crippen MR) is 58.9 cm³/mol. The molecule has 0 spiro atoms. The molecule has 2 fully saturated rings. The molecule has 2 N–H and O–H groups in total. The summed E-state index contributed by atoms with van der Waals surface area (Å²) in [5, 5.41) is 15.0. The molecule has 1 saturated carbocycles. The van der Waals surface area contributed by atoms with Gasteiger partial charge in [0.15, 0.2) is 0 Å². The Balaban J connectivity index is 1.68. The van der Waals surface area contributed by atoms with Gasteiger partial charge >= 0.3 is 0 Å². The first-order valence-corrected chi connectivity index (χ1v) is 6.07. The number of hydrogen-bond acceptors (Lipinski definition) is 5. The number of nitrogens with zero attached hydrogens (tertiary/aromatic N) is 2. The third-order valence-corrected chi connectivity index (χ3v) is 4.10. The number of fused-ring (bicyclic) bond motifs is 1. The van der Waals surface area contributed by atoms with E-state index in [0.29, 0.717) is 11.6 Å². The largest absolute Gasteiger partial charge is 0.312 e. The van der Waals surface area contributed by atoms with Gasteiger partial charge in [0.25, 0.3) is 0 Å². The Kier molecular flexibility index (Phi) is 2.44. The average molecular weight is 222 g/mol. The van der Waals surface area contributed by atoms with Crippen molar-refractivity contribution in [2.24, 2.45) is 0 Å². The second kappa shape index (κ2) is 3.82. The van der Waals surface area contributed by atoms with E-state index in [9.17, 15) is 0 Å². The SMILES string of the molecule is Cc1nonc1CNC12CCCC1NCC2. The average Bonchev–Trinajstić information content (AvgIpc) is 2.89. The topological polar surface area (TPSA) is 63.0 Å². The van der Waals surface area contributed by atoms with Crippen molar-refractivity contribution in [1.82, 2.24) is 20.9 Å². The molecule has 88 valence electrons. The lowest BCUT2D eigenvalue weighted by Crippen LogP contribution is -2.49. The van der Waals surface area contributed by atoms with E-state index < -0.39 is 0 Å². The van der Waals surface area contributed by atoms with Gasteiger partial charge in [-0.25, -0.2) is 4.63 Å². The first-order chi connectivity index (χ1) is 7.80. The normalized spacial score (nSPS) is 33.2. The lowest BCUT2D eigenvalue weighted by Gasteiger charge is -2.29. The number of nitrogens with one attached hydrogen (secondary N) is 2. The van der Waals surface area contributed by atoms with Gasteiger partial charge in [-0.2, -0.15) is 0 Å². The van der Waals surface area contributed by atoms with E-state index in [1.54, 1.807) is 0 Å². The molecule has 2 aliphatic rings. The number of rotatable bonds is 3. The highest BCUT2D eigenvalue weighted by molar-refractivity contribution is 5.11. The van der Waals surface area contributed by atoms with Gasteiger partial charge < -0.3 is 10.6 Å². The first kappa shape index (κ1) is 10.2. The molecule has 5 heteroatoms. The molecule has 1 saturated heterocycles. The monoisotopic (exact) mass is 222 g/mol. The van der Waals surface area contributed by atoms with Crippen LogP contribution in [0.3, 0.4) is 0 Å². The van der Waals surface area contributed by atoms with E-state index in [1.807, 2.05) is 6.92 Å². The maximum Gasteiger partial charge on any atom is 0.121 e. The van der Waals surface area contributed by atoms with Crippen LogP contribution in [0, 0.1) is 6.92 Å². The highest BCUT2D eigenvalue weighted by Gasteiger charge is 2.45. The van der Waals surface area contributed by atoms with Crippen molar-refractivity contribution in [3.63, 3.8) is 0 Å². The molecular weight excluding hydrogens is 204 g/mol. The van der Waals surface area contributed by atoms with Gasteiger partial charge in [-0.15, -0.1) is 0 Å². The molecule has 0 bridgehead atoms. The van der Waals surface area contributed by atoms with Crippen molar-refractivity contribution in [3.8, 4) is 0 Å². The number of aryl methyl sites for hydroxylation is 1. The Morgan fingerprint density at radius 1 is 1.50 bits per heavy atom. The maximum atomic E-state index is 4.71. The molecule has 2 unspecified atom stereocenters. The number of aromatic nitrogens is 2. The van der Waals surface area contributed by atoms with Crippen LogP contribution in [0.1, 0.15) is 37.1 Å². The van der Waals surface area contributed by atoms with Crippen LogP contribution in [-0.2, 0) is 6.54 Å². The lowest BCUT2D eigenvalue weighted by atomic mass is 9.93. The Bertz CT molecular complexity index is 366.